The van der Waals surface area contributed by atoms with E-state index in [1.54, 1.807) is 34.6 Å². The molecule has 0 unspecified atom stereocenters. The van der Waals surface area contributed by atoms with Gasteiger partial charge in [0.05, 0.1) is 12.3 Å². The molecule has 1 heterocycles. The van der Waals surface area contributed by atoms with Crippen molar-refractivity contribution < 1.29 is 19.1 Å². The van der Waals surface area contributed by atoms with Crippen molar-refractivity contribution in [2.45, 2.75) is 40.2 Å². The third-order valence-corrected chi connectivity index (χ3v) is 1.96. The highest BCUT2D eigenvalue weighted by molar-refractivity contribution is 5.88. The number of rotatable bonds is 3. The molecule has 1 amide bonds. The van der Waals surface area contributed by atoms with Gasteiger partial charge in [-0.15, -0.1) is 5.10 Å². The number of amides is 1. The summed E-state index contributed by atoms with van der Waals surface area (Å²) in [5.74, 6) is -0.586. The lowest BCUT2D eigenvalue weighted by molar-refractivity contribution is 0.0516. The average molecular weight is 270 g/mol. The Hall–Kier alpha value is -2.12. The molecule has 8 nitrogen and oxygen atoms in total. The monoisotopic (exact) mass is 270 g/mol. The number of carbonyl (C=O) groups excluding carboxylic acids is 2. The molecular weight excluding hydrogens is 252 g/mol. The molecule has 0 aliphatic rings. The second-order valence-electron chi connectivity index (χ2n) is 4.77. The van der Waals surface area contributed by atoms with Crippen molar-refractivity contribution >= 4 is 12.1 Å². The lowest BCUT2D eigenvalue weighted by Crippen LogP contribution is -2.32. The quantitative estimate of drug-likeness (QED) is 0.830. The topological polar surface area (TPSA) is 95.3 Å². The van der Waals surface area contributed by atoms with Gasteiger partial charge in [0.2, 0.25) is 0 Å². The van der Waals surface area contributed by atoms with Crippen molar-refractivity contribution in [3.05, 3.63) is 11.4 Å². The molecule has 1 aromatic rings. The molecule has 0 aliphatic carbocycles. The highest BCUT2D eigenvalue weighted by atomic mass is 16.6. The van der Waals surface area contributed by atoms with Crippen LogP contribution in [0.2, 0.25) is 0 Å². The molecule has 0 atom stereocenters. The maximum atomic E-state index is 11.5. The fraction of sp³-hybridized carbons (Fsp3) is 0.636. The summed E-state index contributed by atoms with van der Waals surface area (Å²) in [6, 6.07) is 0. The molecule has 0 spiro atoms. The summed E-state index contributed by atoms with van der Waals surface area (Å²) in [7, 11) is 0. The molecule has 0 radical (unpaired) electrons. The second-order valence-corrected chi connectivity index (χ2v) is 4.77. The van der Waals surface area contributed by atoms with E-state index in [-0.39, 0.29) is 12.3 Å². The minimum Gasteiger partial charge on any atom is -0.461 e. The smallest absolute Gasteiger partial charge is 0.428 e. The molecule has 1 N–H and O–H groups in total. The predicted octanol–water partition coefficient (Wildman–Crippen LogP) is 1.24. The maximum Gasteiger partial charge on any atom is 0.428 e. The fourth-order valence-corrected chi connectivity index (χ4v) is 1.21. The molecule has 0 saturated heterocycles. The van der Waals surface area contributed by atoms with Crippen LogP contribution in [0, 0.1) is 6.92 Å². The van der Waals surface area contributed by atoms with Gasteiger partial charge in [0, 0.05) is 0 Å². The Kier molecular flexibility index (Phi) is 4.47. The van der Waals surface area contributed by atoms with Crippen LogP contribution in [0.5, 0.6) is 0 Å². The highest BCUT2D eigenvalue weighted by Crippen LogP contribution is 2.08. The summed E-state index contributed by atoms with van der Waals surface area (Å²) in [6.45, 7) is 8.74. The molecule has 0 bridgehead atoms. The molecule has 1 rings (SSSR count). The van der Waals surface area contributed by atoms with Crippen molar-refractivity contribution in [2.75, 3.05) is 12.0 Å². The fourth-order valence-electron chi connectivity index (χ4n) is 1.21. The number of hydrogen-bond acceptors (Lipinski definition) is 6. The number of nitrogens with one attached hydrogen (secondary N) is 1. The third kappa shape index (κ3) is 4.23. The van der Waals surface area contributed by atoms with E-state index in [0.717, 1.165) is 4.79 Å². The Labute approximate surface area is 111 Å². The predicted molar refractivity (Wildman–Crippen MR) is 66.3 cm³/mol. The van der Waals surface area contributed by atoms with Gasteiger partial charge in [0.1, 0.15) is 5.60 Å². The van der Waals surface area contributed by atoms with E-state index in [4.69, 9.17) is 9.47 Å². The molecule has 1 aromatic heterocycles. The summed E-state index contributed by atoms with van der Waals surface area (Å²) in [4.78, 5) is 24.1. The first kappa shape index (κ1) is 14.9. The number of nitrogens with zero attached hydrogens (tertiary/aromatic N) is 3. The zero-order valence-corrected chi connectivity index (χ0v) is 11.7. The largest absolute Gasteiger partial charge is 0.461 e. The summed E-state index contributed by atoms with van der Waals surface area (Å²) in [5, 5.41) is 7.29. The minimum absolute atomic E-state index is 0.0536. The zero-order chi connectivity index (χ0) is 14.6. The van der Waals surface area contributed by atoms with Crippen LogP contribution in [0.15, 0.2) is 0 Å². The van der Waals surface area contributed by atoms with E-state index in [1.165, 1.54) is 0 Å². The molecular formula is C11H18N4O4. The third-order valence-electron chi connectivity index (χ3n) is 1.96. The van der Waals surface area contributed by atoms with Crippen LogP contribution in [0.3, 0.4) is 0 Å². The lowest BCUT2D eigenvalue weighted by atomic mass is 10.2. The van der Waals surface area contributed by atoms with Crippen LogP contribution in [-0.4, -0.2) is 39.4 Å². The summed E-state index contributed by atoms with van der Waals surface area (Å²) in [6.07, 6.45) is -0.684. The standard InChI is InChI=1S/C11H18N4O4/c1-6-18-9(16)8-7(2)15(14-12-8)13-10(17)19-11(3,4)5/h6H2,1-5H3,(H,13,17). The number of carbonyl (C=O) groups is 2. The Bertz CT molecular complexity index is 476. The summed E-state index contributed by atoms with van der Waals surface area (Å²) < 4.78 is 9.87. The molecule has 106 valence electrons. The van der Waals surface area contributed by atoms with Gasteiger partial charge in [0.15, 0.2) is 5.69 Å². The SMILES string of the molecule is CCOC(=O)c1nnn(NC(=O)OC(C)(C)C)c1C. The minimum atomic E-state index is -0.684. The van der Waals surface area contributed by atoms with Gasteiger partial charge in [-0.3, -0.25) is 0 Å². The Morgan fingerprint density at radius 3 is 2.53 bits per heavy atom. The van der Waals surface area contributed by atoms with Crippen LogP contribution in [-0.2, 0) is 9.47 Å². The van der Waals surface area contributed by atoms with Crippen molar-refractivity contribution in [1.29, 1.82) is 0 Å². The maximum absolute atomic E-state index is 11.5. The number of esters is 1. The van der Waals surface area contributed by atoms with Gasteiger partial charge in [0.25, 0.3) is 0 Å². The Morgan fingerprint density at radius 1 is 1.37 bits per heavy atom. The number of ether oxygens (including phenoxy) is 2. The van der Waals surface area contributed by atoms with E-state index in [2.05, 4.69) is 15.7 Å². The van der Waals surface area contributed by atoms with Gasteiger partial charge in [-0.2, -0.15) is 4.79 Å². The summed E-state index contributed by atoms with van der Waals surface area (Å²) >= 11 is 0. The van der Waals surface area contributed by atoms with E-state index in [9.17, 15) is 9.59 Å². The van der Waals surface area contributed by atoms with E-state index in [1.807, 2.05) is 0 Å². The van der Waals surface area contributed by atoms with Crippen LogP contribution >= 0.6 is 0 Å². The Morgan fingerprint density at radius 2 is 2.00 bits per heavy atom. The van der Waals surface area contributed by atoms with Gasteiger partial charge in [-0.1, -0.05) is 0 Å². The van der Waals surface area contributed by atoms with Gasteiger partial charge >= 0.3 is 12.1 Å². The molecule has 19 heavy (non-hydrogen) atoms. The summed E-state index contributed by atoms with van der Waals surface area (Å²) in [5.41, 5.74) is 2.15. The Balaban J connectivity index is 2.76. The first-order chi connectivity index (χ1) is 8.74. The first-order valence-electron chi connectivity index (χ1n) is 5.84. The van der Waals surface area contributed by atoms with Crippen LogP contribution in [0.1, 0.15) is 43.9 Å². The van der Waals surface area contributed by atoms with Crippen molar-refractivity contribution in [3.63, 3.8) is 0 Å². The van der Waals surface area contributed by atoms with Gasteiger partial charge in [-0.25, -0.2) is 15.0 Å². The lowest BCUT2D eigenvalue weighted by Gasteiger charge is -2.19. The molecule has 8 heteroatoms. The van der Waals surface area contributed by atoms with Gasteiger partial charge in [-0.05, 0) is 39.8 Å². The molecule has 0 fully saturated rings. The number of hydrogen-bond donors (Lipinski definition) is 1. The van der Waals surface area contributed by atoms with Crippen molar-refractivity contribution in [3.8, 4) is 0 Å². The van der Waals surface area contributed by atoms with E-state index < -0.39 is 17.7 Å². The van der Waals surface area contributed by atoms with Crippen LogP contribution < -0.4 is 5.43 Å². The van der Waals surface area contributed by atoms with Crippen LogP contribution in [0.4, 0.5) is 4.79 Å². The number of aromatic nitrogens is 3. The van der Waals surface area contributed by atoms with E-state index >= 15 is 0 Å². The molecule has 0 aromatic carbocycles. The molecule has 0 aliphatic heterocycles. The second kappa shape index (κ2) is 5.68. The van der Waals surface area contributed by atoms with Gasteiger partial charge < -0.3 is 9.47 Å². The van der Waals surface area contributed by atoms with E-state index in [0.29, 0.717) is 5.69 Å². The zero-order valence-electron chi connectivity index (χ0n) is 11.7. The first-order valence-corrected chi connectivity index (χ1v) is 5.84. The normalized spacial score (nSPS) is 11.0. The van der Waals surface area contributed by atoms with Crippen molar-refractivity contribution in [1.82, 2.24) is 15.1 Å². The van der Waals surface area contributed by atoms with Crippen molar-refractivity contribution in [2.24, 2.45) is 0 Å². The van der Waals surface area contributed by atoms with Crippen LogP contribution in [0.25, 0.3) is 0 Å². The average Bonchev–Trinajstić information content (AvgIpc) is 2.58. The molecule has 0 saturated carbocycles. The highest BCUT2D eigenvalue weighted by Gasteiger charge is 2.21.